The van der Waals surface area contributed by atoms with Crippen molar-refractivity contribution in [1.82, 2.24) is 10.3 Å². The minimum Gasteiger partial charge on any atom is -0.349 e. The highest BCUT2D eigenvalue weighted by molar-refractivity contribution is 5.78. The molecule has 2 aromatic rings. The van der Waals surface area contributed by atoms with E-state index in [2.05, 4.69) is 10.3 Å². The summed E-state index contributed by atoms with van der Waals surface area (Å²) in [5.74, 6) is 0.0329. The fourth-order valence-corrected chi connectivity index (χ4v) is 1.81. The Hall–Kier alpha value is -2.16. The lowest BCUT2D eigenvalue weighted by Gasteiger charge is -2.14. The van der Waals surface area contributed by atoms with Crippen LogP contribution in [0, 0.1) is 0 Å². The molecule has 3 nitrogen and oxygen atoms in total. The number of carbonyl (C=O) groups excluding carboxylic acids is 1. The van der Waals surface area contributed by atoms with Gasteiger partial charge in [0.15, 0.2) is 0 Å². The normalized spacial score (nSPS) is 11.8. The maximum atomic E-state index is 11.9. The van der Waals surface area contributed by atoms with Gasteiger partial charge in [-0.15, -0.1) is 0 Å². The molecule has 0 aliphatic heterocycles. The molecule has 92 valence electrons. The van der Waals surface area contributed by atoms with Gasteiger partial charge in [-0.2, -0.15) is 0 Å². The van der Waals surface area contributed by atoms with E-state index in [0.717, 1.165) is 11.1 Å². The van der Waals surface area contributed by atoms with E-state index in [4.69, 9.17) is 0 Å². The van der Waals surface area contributed by atoms with Crippen molar-refractivity contribution >= 4 is 5.91 Å². The van der Waals surface area contributed by atoms with Gasteiger partial charge in [-0.3, -0.25) is 9.78 Å². The van der Waals surface area contributed by atoms with E-state index in [-0.39, 0.29) is 11.9 Å². The van der Waals surface area contributed by atoms with Crippen molar-refractivity contribution in [2.75, 3.05) is 0 Å². The number of hydrogen-bond donors (Lipinski definition) is 1. The van der Waals surface area contributed by atoms with Crippen molar-refractivity contribution in [2.45, 2.75) is 19.4 Å². The highest BCUT2D eigenvalue weighted by Gasteiger charge is 2.09. The second-order valence-corrected chi connectivity index (χ2v) is 4.23. The van der Waals surface area contributed by atoms with Crippen molar-refractivity contribution < 1.29 is 4.79 Å². The van der Waals surface area contributed by atoms with Crippen LogP contribution in [0.15, 0.2) is 54.9 Å². The zero-order valence-electron chi connectivity index (χ0n) is 10.3. The van der Waals surface area contributed by atoms with Crippen LogP contribution in [0.4, 0.5) is 0 Å². The number of pyridine rings is 1. The molecule has 18 heavy (non-hydrogen) atoms. The molecule has 1 heterocycles. The van der Waals surface area contributed by atoms with E-state index in [9.17, 15) is 4.79 Å². The molecule has 1 aromatic heterocycles. The first kappa shape index (κ1) is 12.3. The Labute approximate surface area is 107 Å². The van der Waals surface area contributed by atoms with Gasteiger partial charge in [-0.1, -0.05) is 30.3 Å². The highest BCUT2D eigenvalue weighted by atomic mass is 16.1. The van der Waals surface area contributed by atoms with Gasteiger partial charge in [0, 0.05) is 12.4 Å². The zero-order valence-corrected chi connectivity index (χ0v) is 10.3. The molecule has 3 heteroatoms. The van der Waals surface area contributed by atoms with Gasteiger partial charge in [0.2, 0.25) is 5.91 Å². The molecule has 1 N–H and O–H groups in total. The van der Waals surface area contributed by atoms with Gasteiger partial charge in [-0.05, 0) is 30.2 Å². The average molecular weight is 240 g/mol. The summed E-state index contributed by atoms with van der Waals surface area (Å²) in [5.41, 5.74) is 2.09. The van der Waals surface area contributed by atoms with Gasteiger partial charge in [0.25, 0.3) is 0 Å². The van der Waals surface area contributed by atoms with E-state index in [1.54, 1.807) is 12.4 Å². The van der Waals surface area contributed by atoms with E-state index in [1.807, 2.05) is 49.4 Å². The molecule has 0 saturated carbocycles. The van der Waals surface area contributed by atoms with Gasteiger partial charge >= 0.3 is 0 Å². The topological polar surface area (TPSA) is 42.0 Å². The lowest BCUT2D eigenvalue weighted by Crippen LogP contribution is -2.28. The molecule has 1 unspecified atom stereocenters. The molecule has 1 atom stereocenters. The molecule has 2 rings (SSSR count). The predicted octanol–water partition coefficient (Wildman–Crippen LogP) is 2.50. The summed E-state index contributed by atoms with van der Waals surface area (Å²) in [5, 5.41) is 2.98. The quantitative estimate of drug-likeness (QED) is 0.892. The van der Waals surface area contributed by atoms with Crippen molar-refractivity contribution in [2.24, 2.45) is 0 Å². The molecular weight excluding hydrogens is 224 g/mol. The van der Waals surface area contributed by atoms with Gasteiger partial charge in [-0.25, -0.2) is 0 Å². The van der Waals surface area contributed by atoms with E-state index < -0.39 is 0 Å². The van der Waals surface area contributed by atoms with E-state index >= 15 is 0 Å². The van der Waals surface area contributed by atoms with Crippen molar-refractivity contribution in [3.05, 3.63) is 66.0 Å². The monoisotopic (exact) mass is 240 g/mol. The number of benzene rings is 1. The largest absolute Gasteiger partial charge is 0.349 e. The van der Waals surface area contributed by atoms with Crippen LogP contribution < -0.4 is 5.32 Å². The molecular formula is C15H16N2O. The molecule has 0 saturated heterocycles. The van der Waals surface area contributed by atoms with Crippen molar-refractivity contribution in [1.29, 1.82) is 0 Å². The Morgan fingerprint density at radius 3 is 2.50 bits per heavy atom. The van der Waals surface area contributed by atoms with Gasteiger partial charge in [0.1, 0.15) is 0 Å². The first-order valence-corrected chi connectivity index (χ1v) is 5.99. The first-order valence-electron chi connectivity index (χ1n) is 5.99. The maximum absolute atomic E-state index is 11.9. The Kier molecular flexibility index (Phi) is 4.07. The molecule has 0 radical (unpaired) electrons. The summed E-state index contributed by atoms with van der Waals surface area (Å²) >= 11 is 0. The van der Waals surface area contributed by atoms with E-state index in [0.29, 0.717) is 6.42 Å². The number of hydrogen-bond acceptors (Lipinski definition) is 2. The molecule has 0 spiro atoms. The lowest BCUT2D eigenvalue weighted by atomic mass is 10.1. The van der Waals surface area contributed by atoms with Crippen LogP contribution in [0.2, 0.25) is 0 Å². The number of carbonyl (C=O) groups is 1. The highest BCUT2D eigenvalue weighted by Crippen LogP contribution is 2.10. The molecule has 0 aliphatic rings. The Morgan fingerprint density at radius 2 is 1.83 bits per heavy atom. The third-order valence-corrected chi connectivity index (χ3v) is 2.79. The Morgan fingerprint density at radius 1 is 1.17 bits per heavy atom. The molecule has 0 bridgehead atoms. The van der Waals surface area contributed by atoms with Crippen LogP contribution in [0.25, 0.3) is 0 Å². The SMILES string of the molecule is CC(NC(=O)Cc1ccccc1)c1ccncc1. The number of nitrogens with zero attached hydrogens (tertiary/aromatic N) is 1. The van der Waals surface area contributed by atoms with Gasteiger partial charge in [0.05, 0.1) is 12.5 Å². The van der Waals surface area contributed by atoms with E-state index in [1.165, 1.54) is 0 Å². The summed E-state index contributed by atoms with van der Waals surface area (Å²) in [7, 11) is 0. The van der Waals surface area contributed by atoms with Crippen molar-refractivity contribution in [3.63, 3.8) is 0 Å². The average Bonchev–Trinajstić information content (AvgIpc) is 2.40. The van der Waals surface area contributed by atoms with Crippen LogP contribution >= 0.6 is 0 Å². The Bertz CT molecular complexity index is 496. The number of rotatable bonds is 4. The lowest BCUT2D eigenvalue weighted by molar-refractivity contribution is -0.121. The second-order valence-electron chi connectivity index (χ2n) is 4.23. The number of amides is 1. The number of aromatic nitrogens is 1. The smallest absolute Gasteiger partial charge is 0.224 e. The van der Waals surface area contributed by atoms with Crippen LogP contribution in [-0.4, -0.2) is 10.9 Å². The van der Waals surface area contributed by atoms with Crippen LogP contribution in [-0.2, 0) is 11.2 Å². The van der Waals surface area contributed by atoms with Gasteiger partial charge < -0.3 is 5.32 Å². The summed E-state index contributed by atoms with van der Waals surface area (Å²) in [6.45, 7) is 1.97. The Balaban J connectivity index is 1.92. The fraction of sp³-hybridized carbons (Fsp3) is 0.200. The van der Waals surface area contributed by atoms with Crippen LogP contribution in [0.3, 0.4) is 0 Å². The molecule has 0 aliphatic carbocycles. The third-order valence-electron chi connectivity index (χ3n) is 2.79. The molecule has 1 amide bonds. The van der Waals surface area contributed by atoms with Crippen LogP contribution in [0.5, 0.6) is 0 Å². The summed E-state index contributed by atoms with van der Waals surface area (Å²) in [6.07, 6.45) is 3.88. The fourth-order valence-electron chi connectivity index (χ4n) is 1.81. The minimum atomic E-state index is 0.00390. The summed E-state index contributed by atoms with van der Waals surface area (Å²) in [4.78, 5) is 15.8. The standard InChI is InChI=1S/C15H16N2O/c1-12(14-7-9-16-10-8-14)17-15(18)11-13-5-3-2-4-6-13/h2-10,12H,11H2,1H3,(H,17,18). The molecule has 0 fully saturated rings. The van der Waals surface area contributed by atoms with Crippen LogP contribution in [0.1, 0.15) is 24.1 Å². The first-order chi connectivity index (χ1) is 8.75. The number of nitrogens with one attached hydrogen (secondary N) is 1. The predicted molar refractivity (Wildman–Crippen MR) is 70.9 cm³/mol. The third kappa shape index (κ3) is 3.42. The second kappa shape index (κ2) is 5.96. The minimum absolute atomic E-state index is 0.00390. The zero-order chi connectivity index (χ0) is 12.8. The summed E-state index contributed by atoms with van der Waals surface area (Å²) in [6, 6.07) is 13.6. The maximum Gasteiger partial charge on any atom is 0.224 e. The molecule has 1 aromatic carbocycles. The summed E-state index contributed by atoms with van der Waals surface area (Å²) < 4.78 is 0. The van der Waals surface area contributed by atoms with Crippen molar-refractivity contribution in [3.8, 4) is 0 Å².